The number of aromatic nitrogens is 3. The van der Waals surface area contributed by atoms with E-state index in [1.54, 1.807) is 4.90 Å². The number of carbonyl (C=O) groups excluding carboxylic acids is 1. The molecule has 0 aliphatic carbocycles. The molecule has 11 heteroatoms. The van der Waals surface area contributed by atoms with Gasteiger partial charge in [0.05, 0.1) is 24.3 Å². The lowest BCUT2D eigenvalue weighted by molar-refractivity contribution is -0.138. The minimum absolute atomic E-state index is 0.00623. The largest absolute Gasteiger partial charge is 0.488 e. The minimum atomic E-state index is -0.574. The van der Waals surface area contributed by atoms with Gasteiger partial charge in [0, 0.05) is 42.4 Å². The normalized spacial score (nSPS) is 16.0. The van der Waals surface area contributed by atoms with Gasteiger partial charge in [-0.05, 0) is 39.0 Å². The van der Waals surface area contributed by atoms with E-state index in [4.69, 9.17) is 21.1 Å². The molecular formula is C24H27ClFN5O3S. The Bertz CT molecular complexity index is 1220. The van der Waals surface area contributed by atoms with E-state index < -0.39 is 5.82 Å². The molecule has 3 aromatic rings. The number of nitrogens with zero attached hydrogens (tertiary/aromatic N) is 4. The summed E-state index contributed by atoms with van der Waals surface area (Å²) in [6, 6.07) is 6.51. The van der Waals surface area contributed by atoms with Crippen LogP contribution in [0.15, 0.2) is 24.3 Å². The van der Waals surface area contributed by atoms with Gasteiger partial charge in [0.25, 0.3) is 0 Å². The molecular weight excluding hydrogens is 493 g/mol. The van der Waals surface area contributed by atoms with Crippen molar-refractivity contribution in [2.75, 3.05) is 31.7 Å². The van der Waals surface area contributed by atoms with E-state index >= 15 is 0 Å². The smallest absolute Gasteiger partial charge is 0.219 e. The Kier molecular flexibility index (Phi) is 7.83. The van der Waals surface area contributed by atoms with Crippen LogP contribution in [0.4, 0.5) is 10.2 Å². The van der Waals surface area contributed by atoms with Crippen molar-refractivity contribution in [3.8, 4) is 26.9 Å². The zero-order valence-corrected chi connectivity index (χ0v) is 21.5. The fourth-order valence-electron chi connectivity index (χ4n) is 3.81. The van der Waals surface area contributed by atoms with Gasteiger partial charge in [-0.25, -0.2) is 9.37 Å². The summed E-state index contributed by atoms with van der Waals surface area (Å²) in [4.78, 5) is 18.0. The number of halogens is 2. The van der Waals surface area contributed by atoms with Gasteiger partial charge in [-0.2, -0.15) is 0 Å². The van der Waals surface area contributed by atoms with E-state index in [1.165, 1.54) is 30.4 Å². The van der Waals surface area contributed by atoms with Crippen molar-refractivity contribution >= 4 is 34.7 Å². The number of amides is 1. The maximum absolute atomic E-state index is 14.9. The molecule has 0 spiro atoms. The highest BCUT2D eigenvalue weighted by Gasteiger charge is 2.26. The molecule has 1 fully saturated rings. The second kappa shape index (κ2) is 10.8. The quantitative estimate of drug-likeness (QED) is 0.479. The van der Waals surface area contributed by atoms with Crippen molar-refractivity contribution in [3.63, 3.8) is 0 Å². The Morgan fingerprint density at radius 2 is 2.09 bits per heavy atom. The molecule has 1 atom stereocenters. The van der Waals surface area contributed by atoms with E-state index in [1.807, 2.05) is 32.9 Å². The van der Waals surface area contributed by atoms with Crippen molar-refractivity contribution in [2.24, 2.45) is 0 Å². The molecule has 186 valence electrons. The number of anilines is 1. The van der Waals surface area contributed by atoms with Gasteiger partial charge in [0.2, 0.25) is 5.91 Å². The Balaban J connectivity index is 1.53. The van der Waals surface area contributed by atoms with Crippen LogP contribution in [0.2, 0.25) is 5.02 Å². The summed E-state index contributed by atoms with van der Waals surface area (Å²) in [6.07, 6.45) is 0. The monoisotopic (exact) mass is 519 g/mol. The zero-order valence-electron chi connectivity index (χ0n) is 20.0. The molecule has 1 aromatic carbocycles. The van der Waals surface area contributed by atoms with Crippen molar-refractivity contribution in [1.82, 2.24) is 20.1 Å². The Morgan fingerprint density at radius 1 is 1.31 bits per heavy atom. The Labute approximate surface area is 212 Å². The number of nitrogens with one attached hydrogen (secondary N) is 1. The third-order valence-electron chi connectivity index (χ3n) is 5.38. The second-order valence-electron chi connectivity index (χ2n) is 8.61. The Morgan fingerprint density at radius 3 is 2.83 bits per heavy atom. The molecule has 1 N–H and O–H groups in total. The average molecular weight is 520 g/mol. The molecule has 2 aromatic heterocycles. The lowest BCUT2D eigenvalue weighted by atomic mass is 10.2. The highest BCUT2D eigenvalue weighted by molar-refractivity contribution is 7.18. The van der Waals surface area contributed by atoms with Crippen LogP contribution < -0.4 is 10.1 Å². The molecule has 1 amide bonds. The first-order valence-corrected chi connectivity index (χ1v) is 12.5. The third-order valence-corrected chi connectivity index (χ3v) is 6.70. The van der Waals surface area contributed by atoms with Crippen molar-refractivity contribution in [3.05, 3.63) is 40.8 Å². The van der Waals surface area contributed by atoms with E-state index in [2.05, 4.69) is 20.5 Å². The van der Waals surface area contributed by atoms with E-state index in [9.17, 15) is 9.18 Å². The predicted molar refractivity (Wildman–Crippen MR) is 135 cm³/mol. The third kappa shape index (κ3) is 6.06. The average Bonchev–Trinajstić information content (AvgIpc) is 3.29. The SMILES string of the molecule is CC(=O)N1CCOC[C@@H]1COc1cc(Cl)c(-c2nnc(-c3cc(C)nc(NC(C)C)c3)s2)cc1F. The molecule has 1 saturated heterocycles. The number of rotatable bonds is 7. The fourth-order valence-corrected chi connectivity index (χ4v) is 4.97. The van der Waals surface area contributed by atoms with Crippen molar-refractivity contribution in [2.45, 2.75) is 39.8 Å². The van der Waals surface area contributed by atoms with Crippen LogP contribution in [0.1, 0.15) is 26.5 Å². The maximum atomic E-state index is 14.9. The summed E-state index contributed by atoms with van der Waals surface area (Å²) in [7, 11) is 0. The number of carbonyl (C=O) groups is 1. The van der Waals surface area contributed by atoms with Gasteiger partial charge in [0.1, 0.15) is 22.4 Å². The van der Waals surface area contributed by atoms with E-state index in [-0.39, 0.29) is 30.3 Å². The Hall–Kier alpha value is -2.82. The summed E-state index contributed by atoms with van der Waals surface area (Å²) in [5, 5.41) is 13.3. The molecule has 8 nitrogen and oxygen atoms in total. The van der Waals surface area contributed by atoms with Gasteiger partial charge in [-0.1, -0.05) is 22.9 Å². The zero-order chi connectivity index (χ0) is 25.1. The van der Waals surface area contributed by atoms with Crippen molar-refractivity contribution < 1.29 is 18.7 Å². The molecule has 0 radical (unpaired) electrons. The van der Waals surface area contributed by atoms with E-state index in [0.29, 0.717) is 40.4 Å². The van der Waals surface area contributed by atoms with Gasteiger partial charge in [0.15, 0.2) is 11.6 Å². The van der Waals surface area contributed by atoms with Crippen LogP contribution in [0.3, 0.4) is 0 Å². The summed E-state index contributed by atoms with van der Waals surface area (Å²) in [6.45, 7) is 8.89. The molecule has 0 saturated carbocycles. The first-order chi connectivity index (χ1) is 16.7. The summed E-state index contributed by atoms with van der Waals surface area (Å²) < 4.78 is 26.0. The number of aryl methyl sites for hydroxylation is 1. The minimum Gasteiger partial charge on any atom is -0.488 e. The molecule has 0 unspecified atom stereocenters. The maximum Gasteiger partial charge on any atom is 0.219 e. The number of morpholine rings is 1. The summed E-state index contributed by atoms with van der Waals surface area (Å²) in [5.41, 5.74) is 2.14. The predicted octanol–water partition coefficient (Wildman–Crippen LogP) is 4.81. The molecule has 1 aliphatic heterocycles. The number of hydrogen-bond donors (Lipinski definition) is 1. The molecule has 35 heavy (non-hydrogen) atoms. The van der Waals surface area contributed by atoms with Crippen LogP contribution in [0, 0.1) is 12.7 Å². The van der Waals surface area contributed by atoms with Crippen LogP contribution in [0.5, 0.6) is 5.75 Å². The van der Waals surface area contributed by atoms with Crippen LogP contribution >= 0.6 is 22.9 Å². The van der Waals surface area contributed by atoms with E-state index in [0.717, 1.165) is 17.1 Å². The van der Waals surface area contributed by atoms with Crippen molar-refractivity contribution in [1.29, 1.82) is 0 Å². The lowest BCUT2D eigenvalue weighted by Gasteiger charge is -2.34. The number of pyridine rings is 1. The van der Waals surface area contributed by atoms with Gasteiger partial charge >= 0.3 is 0 Å². The van der Waals surface area contributed by atoms with Gasteiger partial charge in [-0.3, -0.25) is 4.79 Å². The first kappa shape index (κ1) is 25.3. The second-order valence-corrected chi connectivity index (χ2v) is 9.99. The molecule has 1 aliphatic rings. The van der Waals surface area contributed by atoms with Crippen LogP contribution in [-0.4, -0.2) is 64.4 Å². The molecule has 3 heterocycles. The number of hydrogen-bond acceptors (Lipinski definition) is 8. The number of benzene rings is 1. The molecule has 0 bridgehead atoms. The lowest BCUT2D eigenvalue weighted by Crippen LogP contribution is -2.50. The van der Waals surface area contributed by atoms with Crippen LogP contribution in [0.25, 0.3) is 21.1 Å². The highest BCUT2D eigenvalue weighted by atomic mass is 35.5. The van der Waals surface area contributed by atoms with Gasteiger partial charge < -0.3 is 19.7 Å². The highest BCUT2D eigenvalue weighted by Crippen LogP contribution is 2.37. The molecule has 4 rings (SSSR count). The standard InChI is InChI=1S/C24H27ClFN5O3S/c1-13(2)27-22-8-16(7-14(3)28-22)23-29-30-24(35-23)18-9-20(26)21(10-19(18)25)34-12-17-11-33-6-5-31(17)15(4)32/h7-10,13,17H,5-6,11-12H2,1-4H3,(H,27,28)/t17-/m1/s1. The summed E-state index contributed by atoms with van der Waals surface area (Å²) >= 11 is 7.80. The summed E-state index contributed by atoms with van der Waals surface area (Å²) in [5.74, 6) is 0.116. The van der Waals surface area contributed by atoms with Gasteiger partial charge in [-0.15, -0.1) is 10.2 Å². The number of ether oxygens (including phenoxy) is 2. The first-order valence-electron chi connectivity index (χ1n) is 11.3. The van der Waals surface area contributed by atoms with Crippen LogP contribution in [-0.2, 0) is 9.53 Å². The fraction of sp³-hybridized carbons (Fsp3) is 0.417. The topological polar surface area (TPSA) is 89.5 Å².